The number of hydrogen-bond acceptors (Lipinski definition) is 4. The van der Waals surface area contributed by atoms with Crippen molar-refractivity contribution in [1.29, 1.82) is 0 Å². The van der Waals surface area contributed by atoms with Crippen LogP contribution in [-0.4, -0.2) is 28.3 Å². The molecule has 0 aliphatic carbocycles. The Labute approximate surface area is 247 Å². The largest absolute Gasteiger partial charge is 0.495 e. The SMILES string of the molecule is Cc1ccc(C(F)(F)F)cc1B1OC(C)(C)C(C)(C)O1.FC(F)(F)c1ccc(OCc2nc3ccc(Br)cc3[nH]2)cc1. The zero-order chi connectivity index (χ0) is 31.1. The van der Waals surface area contributed by atoms with E-state index in [1.807, 2.05) is 45.9 Å². The predicted molar refractivity (Wildman–Crippen MR) is 151 cm³/mol. The van der Waals surface area contributed by atoms with Crippen molar-refractivity contribution in [3.63, 3.8) is 0 Å². The maximum Gasteiger partial charge on any atom is 0.495 e. The summed E-state index contributed by atoms with van der Waals surface area (Å²) in [5.41, 5.74) is 0.280. The van der Waals surface area contributed by atoms with Crippen molar-refractivity contribution in [2.24, 2.45) is 0 Å². The Hall–Kier alpha value is -3.03. The number of hydrogen-bond donors (Lipinski definition) is 1. The monoisotopic (exact) mass is 656 g/mol. The first-order valence-corrected chi connectivity index (χ1v) is 13.6. The number of H-pyrrole nitrogens is 1. The molecule has 2 heterocycles. The Balaban J connectivity index is 0.000000194. The van der Waals surface area contributed by atoms with Crippen molar-refractivity contribution in [3.8, 4) is 5.75 Å². The molecule has 4 aromatic rings. The van der Waals surface area contributed by atoms with Gasteiger partial charge in [0.05, 0.1) is 33.4 Å². The first-order chi connectivity index (χ1) is 19.4. The van der Waals surface area contributed by atoms with Gasteiger partial charge in [-0.25, -0.2) is 4.98 Å². The number of rotatable bonds is 4. The molecule has 13 heteroatoms. The van der Waals surface area contributed by atoms with Crippen LogP contribution in [0.25, 0.3) is 11.0 Å². The summed E-state index contributed by atoms with van der Waals surface area (Å²) >= 11 is 3.37. The average Bonchev–Trinajstić information content (AvgIpc) is 3.38. The molecule has 224 valence electrons. The van der Waals surface area contributed by atoms with E-state index in [0.29, 0.717) is 17.0 Å². The fraction of sp³-hybridized carbons (Fsp3) is 0.345. The highest BCUT2D eigenvalue weighted by molar-refractivity contribution is 9.10. The highest BCUT2D eigenvalue weighted by Gasteiger charge is 2.52. The van der Waals surface area contributed by atoms with Gasteiger partial charge in [-0.05, 0) is 94.7 Å². The molecular weight excluding hydrogens is 629 g/mol. The standard InChI is InChI=1S/C15H10BrF3N2O.C14H18BF3O2/c16-10-3-6-12-13(7-10)21-14(20-12)8-22-11-4-1-9(2-5-11)15(17,18)19;1-9-6-7-10(14(16,17)18)8-11(9)15-19-12(2,3)13(4,5)20-15/h1-7H,8H2,(H,20,21);6-8H,1-5H3. The van der Waals surface area contributed by atoms with Crippen LogP contribution in [0.1, 0.15) is 50.2 Å². The van der Waals surface area contributed by atoms with Crippen LogP contribution < -0.4 is 10.2 Å². The predicted octanol–water partition coefficient (Wildman–Crippen LogP) is 8.24. The number of alkyl halides is 6. The van der Waals surface area contributed by atoms with Crippen molar-refractivity contribution in [2.45, 2.75) is 64.8 Å². The Kier molecular flexibility index (Phi) is 8.79. The number of aryl methyl sites for hydroxylation is 1. The molecule has 1 saturated heterocycles. The Morgan fingerprint density at radius 2 is 1.40 bits per heavy atom. The van der Waals surface area contributed by atoms with Crippen LogP contribution in [0, 0.1) is 6.92 Å². The maximum atomic E-state index is 12.8. The third-order valence-corrected chi connectivity index (χ3v) is 7.66. The molecule has 5 rings (SSSR count). The summed E-state index contributed by atoms with van der Waals surface area (Å²) in [6.07, 6.45) is -8.71. The van der Waals surface area contributed by atoms with Gasteiger partial charge in [0.2, 0.25) is 0 Å². The highest BCUT2D eigenvalue weighted by Crippen LogP contribution is 2.37. The summed E-state index contributed by atoms with van der Waals surface area (Å²) in [5, 5.41) is 0. The molecule has 3 aromatic carbocycles. The normalized spacial score (nSPS) is 16.3. The molecule has 1 aliphatic heterocycles. The quantitative estimate of drug-likeness (QED) is 0.178. The zero-order valence-electron chi connectivity index (χ0n) is 23.4. The number of imidazole rings is 1. The molecule has 5 nitrogen and oxygen atoms in total. The molecule has 1 aliphatic rings. The second-order valence-corrected chi connectivity index (χ2v) is 11.7. The topological polar surface area (TPSA) is 56.4 Å². The van der Waals surface area contributed by atoms with Crippen LogP contribution in [-0.2, 0) is 28.3 Å². The molecule has 1 aromatic heterocycles. The lowest BCUT2D eigenvalue weighted by Crippen LogP contribution is -2.41. The van der Waals surface area contributed by atoms with Crippen molar-refractivity contribution in [3.05, 3.63) is 87.7 Å². The fourth-order valence-corrected chi connectivity index (χ4v) is 4.40. The van der Waals surface area contributed by atoms with Gasteiger partial charge >= 0.3 is 19.5 Å². The van der Waals surface area contributed by atoms with Gasteiger partial charge in [0.25, 0.3) is 0 Å². The molecule has 0 saturated carbocycles. The van der Waals surface area contributed by atoms with Gasteiger partial charge in [0.15, 0.2) is 0 Å². The lowest BCUT2D eigenvalue weighted by molar-refractivity contribution is -0.138. The van der Waals surface area contributed by atoms with Crippen molar-refractivity contribution in [1.82, 2.24) is 9.97 Å². The Bertz CT molecular complexity index is 1540. The van der Waals surface area contributed by atoms with Crippen LogP contribution >= 0.6 is 15.9 Å². The van der Waals surface area contributed by atoms with E-state index in [1.54, 1.807) is 6.92 Å². The van der Waals surface area contributed by atoms with Crippen LogP contribution in [0.15, 0.2) is 65.1 Å². The van der Waals surface area contributed by atoms with E-state index < -0.39 is 41.8 Å². The van der Waals surface area contributed by atoms with E-state index in [1.165, 1.54) is 18.2 Å². The molecule has 0 unspecified atom stereocenters. The molecule has 0 bridgehead atoms. The highest BCUT2D eigenvalue weighted by atomic mass is 79.9. The van der Waals surface area contributed by atoms with Crippen LogP contribution in [0.4, 0.5) is 26.3 Å². The van der Waals surface area contributed by atoms with Gasteiger partial charge in [0.1, 0.15) is 18.2 Å². The van der Waals surface area contributed by atoms with E-state index in [0.717, 1.165) is 45.3 Å². The first kappa shape index (κ1) is 31.9. The molecule has 0 radical (unpaired) electrons. The Morgan fingerprint density at radius 1 is 0.833 bits per heavy atom. The van der Waals surface area contributed by atoms with E-state index in [2.05, 4.69) is 25.9 Å². The van der Waals surface area contributed by atoms with Gasteiger partial charge in [-0.15, -0.1) is 0 Å². The second-order valence-electron chi connectivity index (χ2n) is 10.8. The summed E-state index contributed by atoms with van der Waals surface area (Å²) < 4.78 is 93.8. The molecule has 0 spiro atoms. The Morgan fingerprint density at radius 3 is 1.98 bits per heavy atom. The molecule has 1 fully saturated rings. The van der Waals surface area contributed by atoms with Gasteiger partial charge < -0.3 is 19.0 Å². The van der Waals surface area contributed by atoms with Crippen molar-refractivity contribution in [2.75, 3.05) is 0 Å². The molecular formula is C29H28BBrF6N2O3. The summed E-state index contributed by atoms with van der Waals surface area (Å²) in [4.78, 5) is 7.44. The van der Waals surface area contributed by atoms with E-state index >= 15 is 0 Å². The minimum absolute atomic E-state index is 0.150. The number of aromatic amines is 1. The number of nitrogens with one attached hydrogen (secondary N) is 1. The molecule has 0 atom stereocenters. The minimum atomic E-state index is -4.37. The van der Waals surface area contributed by atoms with Crippen LogP contribution in [0.3, 0.4) is 0 Å². The van der Waals surface area contributed by atoms with Crippen molar-refractivity contribution < 1.29 is 40.4 Å². The number of halogens is 7. The third kappa shape index (κ3) is 7.30. The van der Waals surface area contributed by atoms with Crippen LogP contribution in [0.5, 0.6) is 5.75 Å². The molecule has 42 heavy (non-hydrogen) atoms. The van der Waals surface area contributed by atoms with Gasteiger partial charge in [-0.2, -0.15) is 26.3 Å². The van der Waals surface area contributed by atoms with Gasteiger partial charge in [-0.1, -0.05) is 27.6 Å². The van der Waals surface area contributed by atoms with Gasteiger partial charge in [0, 0.05) is 4.47 Å². The first-order valence-electron chi connectivity index (χ1n) is 12.8. The lowest BCUT2D eigenvalue weighted by atomic mass is 9.75. The number of aromatic nitrogens is 2. The van der Waals surface area contributed by atoms with Crippen molar-refractivity contribution >= 4 is 39.5 Å². The lowest BCUT2D eigenvalue weighted by Gasteiger charge is -2.32. The van der Waals surface area contributed by atoms with Crippen LogP contribution in [0.2, 0.25) is 0 Å². The average molecular weight is 657 g/mol. The maximum absolute atomic E-state index is 12.8. The third-order valence-electron chi connectivity index (χ3n) is 7.16. The van der Waals surface area contributed by atoms with E-state index in [9.17, 15) is 26.3 Å². The summed E-state index contributed by atoms with van der Waals surface area (Å²) in [7, 11) is -0.776. The number of ether oxygens (including phenoxy) is 1. The number of nitrogens with zero attached hydrogens (tertiary/aromatic N) is 1. The van der Waals surface area contributed by atoms with E-state index in [-0.39, 0.29) is 6.61 Å². The smallest absolute Gasteiger partial charge is 0.486 e. The minimum Gasteiger partial charge on any atom is -0.486 e. The number of fused-ring (bicyclic) bond motifs is 1. The number of benzene rings is 3. The zero-order valence-corrected chi connectivity index (χ0v) is 25.0. The van der Waals surface area contributed by atoms with Gasteiger partial charge in [-0.3, -0.25) is 0 Å². The summed E-state index contributed by atoms with van der Waals surface area (Å²) in [5.74, 6) is 0.961. The summed E-state index contributed by atoms with van der Waals surface area (Å²) in [6, 6.07) is 13.8. The van der Waals surface area contributed by atoms with E-state index in [4.69, 9.17) is 14.0 Å². The fourth-order valence-electron chi connectivity index (χ4n) is 4.04. The molecule has 1 N–H and O–H groups in total. The second kappa shape index (κ2) is 11.6. The summed E-state index contributed by atoms with van der Waals surface area (Å²) in [6.45, 7) is 9.38. The molecule has 0 amide bonds.